The second kappa shape index (κ2) is 8.26. The molecule has 1 aliphatic carbocycles. The Labute approximate surface area is 158 Å². The number of rotatable bonds is 7. The Bertz CT molecular complexity index is 510. The van der Waals surface area contributed by atoms with Crippen LogP contribution in [0, 0.1) is 11.3 Å². The number of carbonyl (C=O) groups excluding carboxylic acids is 2. The van der Waals surface area contributed by atoms with Crippen molar-refractivity contribution in [3.8, 4) is 0 Å². The van der Waals surface area contributed by atoms with Crippen molar-refractivity contribution in [2.75, 3.05) is 19.7 Å². The molecule has 6 nitrogen and oxygen atoms in total. The molecule has 150 valence electrons. The van der Waals surface area contributed by atoms with Gasteiger partial charge in [-0.05, 0) is 32.6 Å². The summed E-state index contributed by atoms with van der Waals surface area (Å²) in [5.41, 5.74) is 5.20. The third-order valence-electron chi connectivity index (χ3n) is 6.71. The molecule has 2 rings (SSSR count). The summed E-state index contributed by atoms with van der Waals surface area (Å²) in [7, 11) is 0. The first kappa shape index (κ1) is 21.2. The van der Waals surface area contributed by atoms with Gasteiger partial charge in [-0.25, -0.2) is 0 Å². The van der Waals surface area contributed by atoms with E-state index >= 15 is 0 Å². The van der Waals surface area contributed by atoms with Crippen LogP contribution in [0.2, 0.25) is 0 Å². The van der Waals surface area contributed by atoms with E-state index in [9.17, 15) is 9.59 Å². The van der Waals surface area contributed by atoms with Crippen molar-refractivity contribution >= 4 is 11.8 Å². The van der Waals surface area contributed by atoms with Gasteiger partial charge >= 0.3 is 0 Å². The van der Waals surface area contributed by atoms with E-state index in [1.807, 2.05) is 25.7 Å². The summed E-state index contributed by atoms with van der Waals surface area (Å²) in [5, 5.41) is 3.14. The van der Waals surface area contributed by atoms with E-state index in [0.717, 1.165) is 25.7 Å². The average Bonchev–Trinajstić information content (AvgIpc) is 2.62. The largest absolute Gasteiger partial charge is 0.378 e. The van der Waals surface area contributed by atoms with E-state index in [1.54, 1.807) is 0 Å². The Hall–Kier alpha value is -1.14. The topological polar surface area (TPSA) is 84.7 Å². The second-order valence-electron chi connectivity index (χ2n) is 8.43. The number of carbonyl (C=O) groups is 2. The van der Waals surface area contributed by atoms with Gasteiger partial charge in [0.2, 0.25) is 11.8 Å². The predicted octanol–water partition coefficient (Wildman–Crippen LogP) is 2.06. The van der Waals surface area contributed by atoms with Crippen LogP contribution in [0.3, 0.4) is 0 Å². The summed E-state index contributed by atoms with van der Waals surface area (Å²) in [6.07, 6.45) is 3.95. The molecule has 1 heterocycles. The molecule has 0 radical (unpaired) electrons. The summed E-state index contributed by atoms with van der Waals surface area (Å²) in [6.45, 7) is 12.2. The molecule has 1 saturated carbocycles. The Balaban J connectivity index is 1.86. The molecule has 2 atom stereocenters. The van der Waals surface area contributed by atoms with Crippen LogP contribution in [0.15, 0.2) is 0 Å². The average molecular weight is 368 g/mol. The number of likely N-dealkylation sites (tertiary alicyclic amines) is 1. The Morgan fingerprint density at radius 3 is 2.23 bits per heavy atom. The van der Waals surface area contributed by atoms with E-state index < -0.39 is 5.54 Å². The van der Waals surface area contributed by atoms with E-state index in [-0.39, 0.29) is 35.3 Å². The maximum absolute atomic E-state index is 12.8. The van der Waals surface area contributed by atoms with Crippen LogP contribution in [-0.2, 0) is 14.3 Å². The molecule has 2 amide bonds. The summed E-state index contributed by atoms with van der Waals surface area (Å²) in [6, 6.07) is 0.0932. The summed E-state index contributed by atoms with van der Waals surface area (Å²) < 4.78 is 5.71. The molecule has 2 fully saturated rings. The highest BCUT2D eigenvalue weighted by atomic mass is 16.5. The minimum absolute atomic E-state index is 0.0303. The first-order valence-electron chi connectivity index (χ1n) is 10.2. The highest BCUT2D eigenvalue weighted by molar-refractivity contribution is 5.89. The van der Waals surface area contributed by atoms with Gasteiger partial charge in [0.15, 0.2) is 0 Å². The van der Waals surface area contributed by atoms with E-state index in [1.165, 1.54) is 0 Å². The lowest BCUT2D eigenvalue weighted by Crippen LogP contribution is -2.76. The summed E-state index contributed by atoms with van der Waals surface area (Å²) >= 11 is 0. The molecular weight excluding hydrogens is 330 g/mol. The molecule has 0 aromatic heterocycles. The van der Waals surface area contributed by atoms with Gasteiger partial charge < -0.3 is 20.7 Å². The van der Waals surface area contributed by atoms with Gasteiger partial charge in [0.1, 0.15) is 5.54 Å². The zero-order valence-corrected chi connectivity index (χ0v) is 17.1. The van der Waals surface area contributed by atoms with Crippen molar-refractivity contribution in [1.29, 1.82) is 0 Å². The standard InChI is InChI=1S/C20H37N3O3/c1-6-14(7-2)17(24)23-11-9-15(10-12-23)22-18(25)20(21)13-16(26-8-3)19(20,4)5/h14-16H,6-13,21H2,1-5H3,(H,22,25). The van der Waals surface area contributed by atoms with Crippen LogP contribution in [0.4, 0.5) is 0 Å². The zero-order chi connectivity index (χ0) is 19.5. The first-order chi connectivity index (χ1) is 12.2. The van der Waals surface area contributed by atoms with E-state index in [4.69, 9.17) is 10.5 Å². The Morgan fingerprint density at radius 2 is 1.77 bits per heavy atom. The molecule has 1 saturated heterocycles. The van der Waals surface area contributed by atoms with Gasteiger partial charge in [-0.3, -0.25) is 9.59 Å². The third-order valence-corrected chi connectivity index (χ3v) is 6.71. The second-order valence-corrected chi connectivity index (χ2v) is 8.43. The van der Waals surface area contributed by atoms with Crippen molar-refractivity contribution in [2.45, 2.75) is 84.4 Å². The molecule has 0 spiro atoms. The molecule has 6 heteroatoms. The number of nitrogens with one attached hydrogen (secondary N) is 1. The number of nitrogens with zero attached hydrogens (tertiary/aromatic N) is 1. The first-order valence-corrected chi connectivity index (χ1v) is 10.2. The summed E-state index contributed by atoms with van der Waals surface area (Å²) in [4.78, 5) is 27.3. The van der Waals surface area contributed by atoms with Crippen LogP contribution in [0.25, 0.3) is 0 Å². The Kier molecular flexibility index (Phi) is 6.72. The predicted molar refractivity (Wildman–Crippen MR) is 103 cm³/mol. The maximum atomic E-state index is 12.8. The molecule has 2 aliphatic rings. The Morgan fingerprint density at radius 1 is 1.19 bits per heavy atom. The van der Waals surface area contributed by atoms with Crippen molar-refractivity contribution in [3.63, 3.8) is 0 Å². The van der Waals surface area contributed by atoms with Crippen LogP contribution in [0.1, 0.15) is 66.7 Å². The lowest BCUT2D eigenvalue weighted by Gasteiger charge is -2.57. The maximum Gasteiger partial charge on any atom is 0.241 e. The lowest BCUT2D eigenvalue weighted by molar-refractivity contribution is -0.171. The highest BCUT2D eigenvalue weighted by Crippen LogP contribution is 2.49. The van der Waals surface area contributed by atoms with E-state index in [0.29, 0.717) is 26.1 Å². The van der Waals surface area contributed by atoms with Gasteiger partial charge in [0, 0.05) is 43.5 Å². The van der Waals surface area contributed by atoms with Crippen molar-refractivity contribution < 1.29 is 14.3 Å². The molecule has 0 aromatic carbocycles. The molecular formula is C20H37N3O3. The van der Waals surface area contributed by atoms with Crippen LogP contribution < -0.4 is 11.1 Å². The molecule has 0 aromatic rings. The van der Waals surface area contributed by atoms with Crippen molar-refractivity contribution in [3.05, 3.63) is 0 Å². The SMILES string of the molecule is CCOC1CC(N)(C(=O)NC2CCN(C(=O)C(CC)CC)CC2)C1(C)C. The number of piperidine rings is 1. The molecule has 0 bridgehead atoms. The highest BCUT2D eigenvalue weighted by Gasteiger charge is 2.63. The number of amides is 2. The third kappa shape index (κ3) is 3.77. The molecule has 3 N–H and O–H groups in total. The minimum atomic E-state index is -0.880. The fraction of sp³-hybridized carbons (Fsp3) is 0.900. The quantitative estimate of drug-likeness (QED) is 0.721. The normalized spacial score (nSPS) is 28.7. The zero-order valence-electron chi connectivity index (χ0n) is 17.1. The summed E-state index contributed by atoms with van der Waals surface area (Å²) in [5.74, 6) is 0.303. The van der Waals surface area contributed by atoms with Gasteiger partial charge in [0.25, 0.3) is 0 Å². The van der Waals surface area contributed by atoms with Crippen molar-refractivity contribution in [1.82, 2.24) is 10.2 Å². The van der Waals surface area contributed by atoms with Crippen molar-refractivity contribution in [2.24, 2.45) is 17.1 Å². The monoisotopic (exact) mass is 367 g/mol. The van der Waals surface area contributed by atoms with Gasteiger partial charge in [-0.2, -0.15) is 0 Å². The van der Waals surface area contributed by atoms with Crippen LogP contribution in [-0.4, -0.2) is 54.1 Å². The molecule has 26 heavy (non-hydrogen) atoms. The van der Waals surface area contributed by atoms with Crippen LogP contribution >= 0.6 is 0 Å². The molecule has 2 unspecified atom stereocenters. The van der Waals surface area contributed by atoms with Gasteiger partial charge in [0.05, 0.1) is 6.10 Å². The van der Waals surface area contributed by atoms with Crippen LogP contribution in [0.5, 0.6) is 0 Å². The number of hydrogen-bond donors (Lipinski definition) is 2. The number of hydrogen-bond acceptors (Lipinski definition) is 4. The number of nitrogens with two attached hydrogens (primary N) is 1. The van der Waals surface area contributed by atoms with E-state index in [2.05, 4.69) is 19.2 Å². The smallest absolute Gasteiger partial charge is 0.241 e. The minimum Gasteiger partial charge on any atom is -0.378 e. The molecule has 1 aliphatic heterocycles. The lowest BCUT2D eigenvalue weighted by atomic mass is 9.54. The fourth-order valence-corrected chi connectivity index (χ4v) is 4.28. The van der Waals surface area contributed by atoms with Gasteiger partial charge in [-0.1, -0.05) is 27.7 Å². The fourth-order valence-electron chi connectivity index (χ4n) is 4.28. The van der Waals surface area contributed by atoms with Gasteiger partial charge in [-0.15, -0.1) is 0 Å². The number of ether oxygens (including phenoxy) is 1.